The van der Waals surface area contributed by atoms with E-state index >= 15 is 0 Å². The molecule has 2 rings (SSSR count). The predicted octanol–water partition coefficient (Wildman–Crippen LogP) is 5.34. The normalized spacial score (nSPS) is 16.1. The molecule has 1 aromatic carbocycles. The second-order valence-electron chi connectivity index (χ2n) is 10.7. The average Bonchev–Trinajstić information content (AvgIpc) is 2.69. The number of nitrogens with zero attached hydrogens (tertiary/aromatic N) is 2. The van der Waals surface area contributed by atoms with Crippen LogP contribution in [0.1, 0.15) is 88.9 Å². The van der Waals surface area contributed by atoms with Gasteiger partial charge >= 0.3 is 12.2 Å². The number of amides is 3. The molecule has 0 aliphatic carbocycles. The number of hydrogen-bond donors (Lipinski definition) is 0. The van der Waals surface area contributed by atoms with Gasteiger partial charge in [-0.05, 0) is 97.7 Å². The maximum absolute atomic E-state index is 13.3. The zero-order valence-electron chi connectivity index (χ0n) is 21.9. The molecule has 1 atom stereocenters. The monoisotopic (exact) mass is 476 g/mol. The minimum atomic E-state index is -1.07. The highest BCUT2D eigenvalue weighted by Crippen LogP contribution is 2.31. The van der Waals surface area contributed by atoms with E-state index in [1.54, 1.807) is 53.7 Å². The first-order chi connectivity index (χ1) is 15.7. The topological polar surface area (TPSA) is 85.4 Å². The lowest BCUT2D eigenvalue weighted by molar-refractivity contribution is 0.00390. The van der Waals surface area contributed by atoms with E-state index in [2.05, 4.69) is 18.9 Å². The molecule has 0 saturated carbocycles. The molecule has 0 radical (unpaired) electrons. The van der Waals surface area contributed by atoms with Crippen molar-refractivity contribution < 1.29 is 28.6 Å². The van der Waals surface area contributed by atoms with Gasteiger partial charge in [-0.2, -0.15) is 0 Å². The van der Waals surface area contributed by atoms with Crippen LogP contribution in [0.5, 0.6) is 0 Å². The summed E-state index contributed by atoms with van der Waals surface area (Å²) < 4.78 is 16.6. The Bertz CT molecular complexity index is 856. The SMILES string of the molecule is CCCN(C)CCC1OCCc2cc(C(=O)N(C(=O)OC(C)(C)C)C(=O)OC(C)(C)C)ccc21. The molecule has 1 aliphatic rings. The van der Waals surface area contributed by atoms with Crippen molar-refractivity contribution in [3.8, 4) is 0 Å². The van der Waals surface area contributed by atoms with Gasteiger partial charge < -0.3 is 19.1 Å². The number of carbonyl (C=O) groups excluding carboxylic acids is 3. The van der Waals surface area contributed by atoms with E-state index in [1.165, 1.54) is 0 Å². The summed E-state index contributed by atoms with van der Waals surface area (Å²) in [5.41, 5.74) is 0.466. The average molecular weight is 477 g/mol. The first-order valence-electron chi connectivity index (χ1n) is 11.9. The first-order valence-corrected chi connectivity index (χ1v) is 11.9. The number of benzene rings is 1. The molecule has 34 heavy (non-hydrogen) atoms. The Morgan fingerprint density at radius 1 is 1.00 bits per heavy atom. The maximum atomic E-state index is 13.3. The van der Waals surface area contributed by atoms with Gasteiger partial charge in [0, 0.05) is 12.1 Å². The molecule has 0 saturated heterocycles. The Labute approximate surface area is 203 Å². The van der Waals surface area contributed by atoms with Crippen LogP contribution in [-0.4, -0.2) is 65.8 Å². The fourth-order valence-electron chi connectivity index (χ4n) is 3.72. The van der Waals surface area contributed by atoms with Crippen LogP contribution in [0, 0.1) is 0 Å². The van der Waals surface area contributed by atoms with Gasteiger partial charge in [0.2, 0.25) is 0 Å². The van der Waals surface area contributed by atoms with E-state index in [9.17, 15) is 14.4 Å². The largest absolute Gasteiger partial charge is 0.443 e. The van der Waals surface area contributed by atoms with Gasteiger partial charge in [-0.3, -0.25) is 4.79 Å². The van der Waals surface area contributed by atoms with Crippen molar-refractivity contribution in [3.63, 3.8) is 0 Å². The van der Waals surface area contributed by atoms with Crippen LogP contribution in [0.2, 0.25) is 0 Å². The van der Waals surface area contributed by atoms with Crippen LogP contribution in [0.4, 0.5) is 9.59 Å². The lowest BCUT2D eigenvalue weighted by atomic mass is 9.93. The third kappa shape index (κ3) is 8.09. The molecule has 0 fully saturated rings. The van der Waals surface area contributed by atoms with Gasteiger partial charge in [-0.1, -0.05) is 13.0 Å². The van der Waals surface area contributed by atoms with Gasteiger partial charge in [-0.15, -0.1) is 4.90 Å². The van der Waals surface area contributed by atoms with Crippen molar-refractivity contribution in [2.45, 2.75) is 85.0 Å². The lowest BCUT2D eigenvalue weighted by Crippen LogP contribution is -2.47. The van der Waals surface area contributed by atoms with E-state index in [4.69, 9.17) is 14.2 Å². The second kappa shape index (κ2) is 11.3. The van der Waals surface area contributed by atoms with E-state index in [0.29, 0.717) is 17.9 Å². The predicted molar refractivity (Wildman–Crippen MR) is 130 cm³/mol. The second-order valence-corrected chi connectivity index (χ2v) is 10.7. The molecule has 0 spiro atoms. The highest BCUT2D eigenvalue weighted by atomic mass is 16.6. The van der Waals surface area contributed by atoms with Crippen molar-refractivity contribution >= 4 is 18.1 Å². The fourth-order valence-corrected chi connectivity index (χ4v) is 3.72. The maximum Gasteiger partial charge on any atom is 0.427 e. The summed E-state index contributed by atoms with van der Waals surface area (Å²) in [6, 6.07) is 5.22. The minimum Gasteiger partial charge on any atom is -0.443 e. The minimum absolute atomic E-state index is 0.0555. The number of rotatable bonds is 6. The smallest absolute Gasteiger partial charge is 0.427 e. The molecule has 1 aliphatic heterocycles. The van der Waals surface area contributed by atoms with Gasteiger partial charge in [0.25, 0.3) is 5.91 Å². The van der Waals surface area contributed by atoms with Crippen LogP contribution >= 0.6 is 0 Å². The van der Waals surface area contributed by atoms with E-state index in [0.717, 1.165) is 37.1 Å². The molecule has 1 aromatic rings. The molecule has 0 N–H and O–H groups in total. The van der Waals surface area contributed by atoms with Crippen LogP contribution in [0.3, 0.4) is 0 Å². The molecular weight excluding hydrogens is 436 g/mol. The quantitative estimate of drug-likeness (QED) is 0.547. The lowest BCUT2D eigenvalue weighted by Gasteiger charge is -2.29. The van der Waals surface area contributed by atoms with Gasteiger partial charge in [-0.25, -0.2) is 9.59 Å². The standard InChI is InChI=1S/C26H40N2O6/c1-9-14-27(8)15-12-21-20-11-10-19(17-18(20)13-16-32-21)22(29)28(23(30)33-25(2,3)4)24(31)34-26(5,6)7/h10-11,17,21H,9,12-16H2,1-8H3. The van der Waals surface area contributed by atoms with Crippen molar-refractivity contribution in [1.82, 2.24) is 9.80 Å². The van der Waals surface area contributed by atoms with E-state index in [-0.39, 0.29) is 11.7 Å². The van der Waals surface area contributed by atoms with E-state index < -0.39 is 29.3 Å². The van der Waals surface area contributed by atoms with Crippen LogP contribution < -0.4 is 0 Å². The summed E-state index contributed by atoms with van der Waals surface area (Å²) in [6.45, 7) is 14.6. The highest BCUT2D eigenvalue weighted by molar-refractivity contribution is 6.13. The van der Waals surface area contributed by atoms with Crippen molar-refractivity contribution in [2.24, 2.45) is 0 Å². The summed E-state index contributed by atoms with van der Waals surface area (Å²) in [5.74, 6) is -0.781. The zero-order valence-corrected chi connectivity index (χ0v) is 21.9. The summed E-state index contributed by atoms with van der Waals surface area (Å²) >= 11 is 0. The molecular formula is C26H40N2O6. The Morgan fingerprint density at radius 3 is 2.12 bits per heavy atom. The summed E-state index contributed by atoms with van der Waals surface area (Å²) in [4.78, 5) is 41.7. The van der Waals surface area contributed by atoms with Gasteiger partial charge in [0.05, 0.1) is 12.7 Å². The third-order valence-electron chi connectivity index (χ3n) is 5.16. The molecule has 0 bridgehead atoms. The number of ether oxygens (including phenoxy) is 3. The number of carbonyl (C=O) groups is 3. The number of fused-ring (bicyclic) bond motifs is 1. The summed E-state index contributed by atoms with van der Waals surface area (Å²) in [7, 11) is 2.09. The Morgan fingerprint density at radius 2 is 1.59 bits per heavy atom. The van der Waals surface area contributed by atoms with Gasteiger partial charge in [0.15, 0.2) is 0 Å². The van der Waals surface area contributed by atoms with Crippen LogP contribution in [-0.2, 0) is 20.6 Å². The Kier molecular flexibility index (Phi) is 9.25. The van der Waals surface area contributed by atoms with Crippen molar-refractivity contribution in [1.29, 1.82) is 0 Å². The van der Waals surface area contributed by atoms with Crippen LogP contribution in [0.25, 0.3) is 0 Å². The highest BCUT2D eigenvalue weighted by Gasteiger charge is 2.37. The number of imide groups is 3. The van der Waals surface area contributed by atoms with Crippen molar-refractivity contribution in [2.75, 3.05) is 26.7 Å². The van der Waals surface area contributed by atoms with E-state index in [1.807, 2.05) is 6.07 Å². The molecule has 1 unspecified atom stereocenters. The van der Waals surface area contributed by atoms with Gasteiger partial charge in [0.1, 0.15) is 11.2 Å². The molecule has 190 valence electrons. The Balaban J connectivity index is 2.29. The molecule has 3 amide bonds. The molecule has 8 heteroatoms. The third-order valence-corrected chi connectivity index (χ3v) is 5.16. The molecule has 8 nitrogen and oxygen atoms in total. The van der Waals surface area contributed by atoms with Crippen molar-refractivity contribution in [3.05, 3.63) is 34.9 Å². The Hall–Kier alpha value is -2.45. The molecule has 0 aromatic heterocycles. The summed E-state index contributed by atoms with van der Waals surface area (Å²) in [6.07, 6.45) is 0.403. The zero-order chi connectivity index (χ0) is 25.7. The fraction of sp³-hybridized carbons (Fsp3) is 0.654. The number of hydrogen-bond acceptors (Lipinski definition) is 7. The first kappa shape index (κ1) is 27.8. The molecule has 1 heterocycles. The van der Waals surface area contributed by atoms with Crippen LogP contribution in [0.15, 0.2) is 18.2 Å². The summed E-state index contributed by atoms with van der Waals surface area (Å²) in [5, 5.41) is 0.